The molecule has 0 aliphatic carbocycles. The average molecular weight is 346 g/mol. The van der Waals surface area contributed by atoms with Gasteiger partial charge in [-0.05, 0) is 30.4 Å². The maximum atomic E-state index is 12.8. The highest BCUT2D eigenvalue weighted by Gasteiger charge is 2.34. The van der Waals surface area contributed by atoms with Crippen LogP contribution in [0.15, 0.2) is 24.3 Å². The van der Waals surface area contributed by atoms with Crippen LogP contribution >= 0.6 is 0 Å². The molecular weight excluding hydrogens is 325 g/mol. The molecule has 0 aromatic heterocycles. The Morgan fingerprint density at radius 3 is 2.33 bits per heavy atom. The summed E-state index contributed by atoms with van der Waals surface area (Å²) in [7, 11) is 0. The lowest BCUT2D eigenvalue weighted by Gasteiger charge is -2.21. The zero-order chi connectivity index (χ0) is 18.4. The lowest BCUT2D eigenvalue weighted by molar-refractivity contribution is -0.138. The Balaban J connectivity index is 2.56. The van der Waals surface area contributed by atoms with Crippen LogP contribution in [-0.4, -0.2) is 30.1 Å². The normalized spacial score (nSPS) is 11.9. The maximum absolute atomic E-state index is 12.8. The minimum Gasteiger partial charge on any atom is -0.396 e. The molecule has 0 heterocycles. The third kappa shape index (κ3) is 6.19. The number of carbonyl (C=O) groups is 2. The van der Waals surface area contributed by atoms with Crippen LogP contribution in [-0.2, 0) is 15.8 Å². The highest BCUT2D eigenvalue weighted by atomic mass is 19.4. The van der Waals surface area contributed by atoms with Crippen molar-refractivity contribution in [2.75, 3.05) is 18.5 Å². The molecule has 0 saturated carbocycles. The Morgan fingerprint density at radius 1 is 1.12 bits per heavy atom. The number of aliphatic hydroxyl groups is 1. The molecule has 0 fully saturated rings. The molecule has 1 aromatic rings. The van der Waals surface area contributed by atoms with Crippen LogP contribution in [0.5, 0.6) is 0 Å². The van der Waals surface area contributed by atoms with Gasteiger partial charge in [0.25, 0.3) is 0 Å². The molecule has 8 heteroatoms. The topological polar surface area (TPSA) is 78.4 Å². The van der Waals surface area contributed by atoms with E-state index in [0.717, 1.165) is 12.1 Å². The van der Waals surface area contributed by atoms with Crippen LogP contribution in [0.2, 0.25) is 0 Å². The van der Waals surface area contributed by atoms with Crippen molar-refractivity contribution in [2.24, 2.45) is 5.41 Å². The van der Waals surface area contributed by atoms with E-state index in [0.29, 0.717) is 12.8 Å². The minimum absolute atomic E-state index is 0.00431. The van der Waals surface area contributed by atoms with E-state index in [1.807, 2.05) is 19.2 Å². The van der Waals surface area contributed by atoms with E-state index in [1.54, 1.807) is 0 Å². The van der Waals surface area contributed by atoms with Crippen LogP contribution in [0.1, 0.15) is 32.3 Å². The number of amides is 2. The number of nitrogens with one attached hydrogen (secondary N) is 2. The molecular formula is C16H21F3N2O3. The number of carbonyl (C=O) groups excluding carboxylic acids is 2. The summed E-state index contributed by atoms with van der Waals surface area (Å²) in [4.78, 5) is 23.4. The second-order valence-electron chi connectivity index (χ2n) is 6.18. The fraction of sp³-hybridized carbons (Fsp3) is 0.500. The van der Waals surface area contributed by atoms with Gasteiger partial charge in [0.2, 0.25) is 0 Å². The van der Waals surface area contributed by atoms with Crippen LogP contribution in [0, 0.1) is 5.41 Å². The first-order valence-corrected chi connectivity index (χ1v) is 7.43. The van der Waals surface area contributed by atoms with Crippen molar-refractivity contribution in [1.29, 1.82) is 0 Å². The molecule has 5 nitrogen and oxygen atoms in total. The zero-order valence-corrected chi connectivity index (χ0v) is 13.5. The molecule has 1 aromatic carbocycles. The van der Waals surface area contributed by atoms with E-state index in [-0.39, 0.29) is 18.6 Å². The number of alkyl halides is 3. The fourth-order valence-electron chi connectivity index (χ4n) is 1.95. The Morgan fingerprint density at radius 2 is 1.75 bits per heavy atom. The second kappa shape index (κ2) is 8.14. The molecule has 3 N–H and O–H groups in total. The lowest BCUT2D eigenvalue weighted by Crippen LogP contribution is -2.36. The molecule has 0 aliphatic rings. The molecule has 2 amide bonds. The molecule has 24 heavy (non-hydrogen) atoms. The van der Waals surface area contributed by atoms with E-state index in [4.69, 9.17) is 5.11 Å². The molecule has 0 spiro atoms. The predicted octanol–water partition coefficient (Wildman–Crippen LogP) is 2.56. The second-order valence-corrected chi connectivity index (χ2v) is 6.18. The van der Waals surface area contributed by atoms with Gasteiger partial charge in [0.05, 0.1) is 11.3 Å². The summed E-state index contributed by atoms with van der Waals surface area (Å²) in [5.41, 5.74) is -1.78. The number of hydrogen-bond donors (Lipinski definition) is 3. The van der Waals surface area contributed by atoms with E-state index in [9.17, 15) is 22.8 Å². The fourth-order valence-corrected chi connectivity index (χ4v) is 1.95. The van der Waals surface area contributed by atoms with Gasteiger partial charge in [0.1, 0.15) is 0 Å². The molecule has 0 unspecified atom stereocenters. The molecule has 0 aliphatic heterocycles. The minimum atomic E-state index is -4.63. The standard InChI is InChI=1S/C16H21F3N2O3/c1-15(2,10-22)8-5-9-20-13(23)14(24)21-12-7-4-3-6-11(12)16(17,18)19/h3-4,6-7,22H,5,8-10H2,1-2H3,(H,20,23)(H,21,24). The molecule has 0 bridgehead atoms. The van der Waals surface area contributed by atoms with Crippen LogP contribution < -0.4 is 10.6 Å². The van der Waals surface area contributed by atoms with Crippen molar-refractivity contribution < 1.29 is 27.9 Å². The number of para-hydroxylation sites is 1. The van der Waals surface area contributed by atoms with Crippen molar-refractivity contribution >= 4 is 17.5 Å². The molecule has 0 radical (unpaired) electrons. The summed E-state index contributed by atoms with van der Waals surface area (Å²) in [5.74, 6) is -2.16. The van der Waals surface area contributed by atoms with Crippen molar-refractivity contribution in [1.82, 2.24) is 5.32 Å². The van der Waals surface area contributed by atoms with Gasteiger partial charge >= 0.3 is 18.0 Å². The maximum Gasteiger partial charge on any atom is 0.418 e. The van der Waals surface area contributed by atoms with E-state index >= 15 is 0 Å². The van der Waals surface area contributed by atoms with Gasteiger partial charge in [-0.1, -0.05) is 26.0 Å². The Bertz CT molecular complexity index is 586. The SMILES string of the molecule is CC(C)(CO)CCCNC(=O)C(=O)Nc1ccccc1C(F)(F)F. The number of anilines is 1. The van der Waals surface area contributed by atoms with Gasteiger partial charge < -0.3 is 15.7 Å². The molecule has 0 atom stereocenters. The Kier molecular flexibility index (Phi) is 6.77. The first kappa shape index (κ1) is 20.0. The van der Waals surface area contributed by atoms with Gasteiger partial charge in [-0.2, -0.15) is 13.2 Å². The van der Waals surface area contributed by atoms with Gasteiger partial charge in [0.15, 0.2) is 0 Å². The number of halogens is 3. The van der Waals surface area contributed by atoms with Gasteiger partial charge in [-0.15, -0.1) is 0 Å². The first-order valence-electron chi connectivity index (χ1n) is 7.43. The third-order valence-electron chi connectivity index (χ3n) is 3.43. The highest BCUT2D eigenvalue weighted by molar-refractivity contribution is 6.39. The summed E-state index contributed by atoms with van der Waals surface area (Å²) < 4.78 is 38.5. The summed E-state index contributed by atoms with van der Waals surface area (Å²) in [6.07, 6.45) is -3.47. The van der Waals surface area contributed by atoms with Crippen molar-refractivity contribution in [3.63, 3.8) is 0 Å². The number of hydrogen-bond acceptors (Lipinski definition) is 3. The van der Waals surface area contributed by atoms with Crippen LogP contribution in [0.4, 0.5) is 18.9 Å². The summed E-state index contributed by atoms with van der Waals surface area (Å²) in [5, 5.41) is 13.4. The van der Waals surface area contributed by atoms with E-state index in [2.05, 4.69) is 5.32 Å². The zero-order valence-electron chi connectivity index (χ0n) is 13.5. The Hall–Kier alpha value is -2.09. The summed E-state index contributed by atoms with van der Waals surface area (Å²) in [6.45, 7) is 3.90. The number of benzene rings is 1. The molecule has 134 valence electrons. The van der Waals surface area contributed by atoms with Crippen molar-refractivity contribution in [3.8, 4) is 0 Å². The number of aliphatic hydroxyl groups excluding tert-OH is 1. The van der Waals surface area contributed by atoms with Gasteiger partial charge in [-0.25, -0.2) is 0 Å². The van der Waals surface area contributed by atoms with E-state index < -0.39 is 29.2 Å². The summed E-state index contributed by atoms with van der Waals surface area (Å²) in [6, 6.07) is 4.43. The van der Waals surface area contributed by atoms with Crippen molar-refractivity contribution in [2.45, 2.75) is 32.9 Å². The van der Waals surface area contributed by atoms with Gasteiger partial charge in [0, 0.05) is 13.2 Å². The summed E-state index contributed by atoms with van der Waals surface area (Å²) >= 11 is 0. The molecule has 1 rings (SSSR count). The van der Waals surface area contributed by atoms with Crippen LogP contribution in [0.25, 0.3) is 0 Å². The third-order valence-corrected chi connectivity index (χ3v) is 3.43. The predicted molar refractivity (Wildman–Crippen MR) is 83.2 cm³/mol. The monoisotopic (exact) mass is 346 g/mol. The van der Waals surface area contributed by atoms with E-state index in [1.165, 1.54) is 12.1 Å². The van der Waals surface area contributed by atoms with Crippen molar-refractivity contribution in [3.05, 3.63) is 29.8 Å². The quantitative estimate of drug-likeness (QED) is 0.547. The first-order chi connectivity index (χ1) is 11.1. The molecule has 0 saturated heterocycles. The van der Waals surface area contributed by atoms with Crippen LogP contribution in [0.3, 0.4) is 0 Å². The average Bonchev–Trinajstić information content (AvgIpc) is 2.50. The largest absolute Gasteiger partial charge is 0.418 e. The number of rotatable bonds is 6. The van der Waals surface area contributed by atoms with Gasteiger partial charge in [-0.3, -0.25) is 9.59 Å². The smallest absolute Gasteiger partial charge is 0.396 e. The lowest BCUT2D eigenvalue weighted by atomic mass is 9.89. The highest BCUT2D eigenvalue weighted by Crippen LogP contribution is 2.34. The Labute approximate surface area is 138 Å².